The molecule has 3 aliphatic heterocycles. The molecule has 0 aromatic heterocycles. The van der Waals surface area contributed by atoms with Gasteiger partial charge in [0.05, 0.1) is 25.4 Å². The lowest BCUT2D eigenvalue weighted by atomic mass is 9.96. The Morgan fingerprint density at radius 1 is 0.861 bits per heavy atom. The predicted octanol–water partition coefficient (Wildman–Crippen LogP) is 2.30. The molecule has 8 nitrogen and oxygen atoms in total. The van der Waals surface area contributed by atoms with Crippen LogP contribution in [-0.4, -0.2) is 90.2 Å². The van der Waals surface area contributed by atoms with Crippen LogP contribution < -0.4 is 0 Å². The lowest BCUT2D eigenvalue weighted by Crippen LogP contribution is -2.60. The van der Waals surface area contributed by atoms with Gasteiger partial charge in [0.25, 0.3) is 11.8 Å². The van der Waals surface area contributed by atoms with E-state index in [1.54, 1.807) is 11.0 Å². The summed E-state index contributed by atoms with van der Waals surface area (Å²) < 4.78 is 39.7. The van der Waals surface area contributed by atoms with Gasteiger partial charge < -0.3 is 19.3 Å². The molecule has 0 radical (unpaired) electrons. The normalized spacial score (nSPS) is 21.6. The number of carbonyl (C=O) groups is 3. The van der Waals surface area contributed by atoms with Crippen molar-refractivity contribution in [2.45, 2.75) is 24.6 Å². The maximum Gasteiger partial charge on any atom is 0.256 e. The Balaban J connectivity index is 1.40. The van der Waals surface area contributed by atoms with Crippen LogP contribution in [0.5, 0.6) is 0 Å². The highest BCUT2D eigenvalue weighted by atomic mass is 19.1. The van der Waals surface area contributed by atoms with Crippen LogP contribution in [0.2, 0.25) is 0 Å². The quantitative estimate of drug-likeness (QED) is 0.648. The van der Waals surface area contributed by atoms with E-state index in [1.165, 1.54) is 46.2 Å². The second-order valence-electron chi connectivity index (χ2n) is 9.17. The van der Waals surface area contributed by atoms with E-state index in [-0.39, 0.29) is 49.6 Å². The van der Waals surface area contributed by atoms with Crippen LogP contribution in [0.25, 0.3) is 0 Å². The molecule has 3 amide bonds. The Hall–Kier alpha value is -3.37. The number of piperidine rings is 1. The maximum absolute atomic E-state index is 14.2. The predicted molar refractivity (Wildman–Crippen MR) is 124 cm³/mol. The summed E-state index contributed by atoms with van der Waals surface area (Å²) in [5.41, 5.74) is -1.04. The Labute approximate surface area is 207 Å². The molecular formula is C26H27F2N3O5. The molecule has 0 aliphatic carbocycles. The monoisotopic (exact) mass is 499 g/mol. The van der Waals surface area contributed by atoms with Crippen LogP contribution in [0, 0.1) is 11.6 Å². The number of hydrogen-bond donors (Lipinski definition) is 0. The standard InChI is InChI=1S/C26H27F2N3O5/c27-19-5-3-4-18(16-19)23(32)31-22(25(34)30-12-14-35-15-13-30)17-36-26(31)8-10-29(11-9-26)24(33)20-6-1-2-7-21(20)28/h1-7,16,22H,8-15,17H2. The van der Waals surface area contributed by atoms with Crippen LogP contribution in [0.15, 0.2) is 48.5 Å². The fourth-order valence-corrected chi connectivity index (χ4v) is 5.17. The van der Waals surface area contributed by atoms with Crippen LogP contribution >= 0.6 is 0 Å². The van der Waals surface area contributed by atoms with Crippen LogP contribution in [-0.2, 0) is 14.3 Å². The summed E-state index contributed by atoms with van der Waals surface area (Å²) in [6.45, 7) is 2.06. The number of nitrogens with zero attached hydrogens (tertiary/aromatic N) is 3. The summed E-state index contributed by atoms with van der Waals surface area (Å²) in [6, 6.07) is 10.2. The van der Waals surface area contributed by atoms with Gasteiger partial charge in [0.2, 0.25) is 5.91 Å². The van der Waals surface area contributed by atoms with Gasteiger partial charge in [0.15, 0.2) is 0 Å². The van der Waals surface area contributed by atoms with Crippen LogP contribution in [0.3, 0.4) is 0 Å². The first-order chi connectivity index (χ1) is 17.4. The van der Waals surface area contributed by atoms with E-state index in [4.69, 9.17) is 9.47 Å². The van der Waals surface area contributed by atoms with Crippen molar-refractivity contribution in [3.63, 3.8) is 0 Å². The van der Waals surface area contributed by atoms with Gasteiger partial charge in [-0.1, -0.05) is 18.2 Å². The number of ether oxygens (including phenoxy) is 2. The van der Waals surface area contributed by atoms with Gasteiger partial charge >= 0.3 is 0 Å². The largest absolute Gasteiger partial charge is 0.378 e. The molecule has 1 unspecified atom stereocenters. The molecule has 10 heteroatoms. The number of hydrogen-bond acceptors (Lipinski definition) is 5. The van der Waals surface area contributed by atoms with Crippen molar-refractivity contribution in [2.24, 2.45) is 0 Å². The van der Waals surface area contributed by atoms with E-state index in [0.717, 1.165) is 6.07 Å². The number of morpholine rings is 1. The van der Waals surface area contributed by atoms with E-state index < -0.39 is 35.2 Å². The van der Waals surface area contributed by atoms with Crippen molar-refractivity contribution >= 4 is 17.7 Å². The van der Waals surface area contributed by atoms with Gasteiger partial charge in [-0.05, 0) is 30.3 Å². The lowest BCUT2D eigenvalue weighted by Gasteiger charge is -2.45. The van der Waals surface area contributed by atoms with Crippen molar-refractivity contribution in [3.8, 4) is 0 Å². The third-order valence-corrected chi connectivity index (χ3v) is 7.09. The molecular weight excluding hydrogens is 472 g/mol. The van der Waals surface area contributed by atoms with Gasteiger partial charge in [-0.2, -0.15) is 0 Å². The molecule has 2 aromatic rings. The first kappa shape index (κ1) is 24.3. The van der Waals surface area contributed by atoms with Crippen molar-refractivity contribution in [1.29, 1.82) is 0 Å². The van der Waals surface area contributed by atoms with E-state index in [2.05, 4.69) is 0 Å². The van der Waals surface area contributed by atoms with Crippen LogP contribution in [0.4, 0.5) is 8.78 Å². The minimum atomic E-state index is -1.14. The Morgan fingerprint density at radius 3 is 2.28 bits per heavy atom. The van der Waals surface area contributed by atoms with Crippen molar-refractivity contribution in [1.82, 2.24) is 14.7 Å². The van der Waals surface area contributed by atoms with Crippen LogP contribution in [0.1, 0.15) is 33.6 Å². The number of likely N-dealkylation sites (tertiary alicyclic amines) is 1. The third kappa shape index (κ3) is 4.46. The van der Waals surface area contributed by atoms with Crippen molar-refractivity contribution in [2.75, 3.05) is 46.0 Å². The zero-order valence-electron chi connectivity index (χ0n) is 19.7. The van der Waals surface area contributed by atoms with E-state index >= 15 is 0 Å². The van der Waals surface area contributed by atoms with Gasteiger partial charge in [-0.15, -0.1) is 0 Å². The molecule has 0 saturated carbocycles. The van der Waals surface area contributed by atoms with Gasteiger partial charge in [0.1, 0.15) is 23.4 Å². The molecule has 2 aromatic carbocycles. The minimum absolute atomic E-state index is 0.00148. The summed E-state index contributed by atoms with van der Waals surface area (Å²) >= 11 is 0. The lowest BCUT2D eigenvalue weighted by molar-refractivity contribution is -0.141. The fourth-order valence-electron chi connectivity index (χ4n) is 5.17. The summed E-state index contributed by atoms with van der Waals surface area (Å²) in [5, 5.41) is 0. The number of rotatable bonds is 3. The second kappa shape index (κ2) is 9.94. The molecule has 1 spiro atoms. The van der Waals surface area contributed by atoms with E-state index in [1.807, 2.05) is 0 Å². The highest BCUT2D eigenvalue weighted by molar-refractivity contribution is 5.98. The number of benzene rings is 2. The molecule has 3 heterocycles. The minimum Gasteiger partial charge on any atom is -0.378 e. The average molecular weight is 500 g/mol. The van der Waals surface area contributed by atoms with Gasteiger partial charge in [-0.3, -0.25) is 19.3 Å². The fraction of sp³-hybridized carbons (Fsp3) is 0.423. The Bertz CT molecular complexity index is 1160. The Kier molecular flexibility index (Phi) is 6.72. The van der Waals surface area contributed by atoms with Crippen molar-refractivity contribution in [3.05, 3.63) is 71.3 Å². The van der Waals surface area contributed by atoms with Crippen molar-refractivity contribution < 1.29 is 32.6 Å². The zero-order chi connectivity index (χ0) is 25.3. The SMILES string of the molecule is O=C(c1ccccc1F)N1CCC2(CC1)OCC(C(=O)N1CCOCC1)N2C(=O)c1cccc(F)c1. The zero-order valence-corrected chi connectivity index (χ0v) is 19.7. The summed E-state index contributed by atoms with van der Waals surface area (Å²) in [4.78, 5) is 44.7. The first-order valence-electron chi connectivity index (χ1n) is 12.0. The summed E-state index contributed by atoms with van der Waals surface area (Å²) in [6.07, 6.45) is 0.474. The summed E-state index contributed by atoms with van der Waals surface area (Å²) in [5.74, 6) is -2.35. The average Bonchev–Trinajstić information content (AvgIpc) is 3.27. The first-order valence-corrected chi connectivity index (χ1v) is 12.0. The molecule has 3 aliphatic rings. The summed E-state index contributed by atoms with van der Waals surface area (Å²) in [7, 11) is 0. The molecule has 0 N–H and O–H groups in total. The molecule has 0 bridgehead atoms. The van der Waals surface area contributed by atoms with Gasteiger partial charge in [0, 0.05) is 44.6 Å². The topological polar surface area (TPSA) is 79.4 Å². The maximum atomic E-state index is 14.2. The molecule has 36 heavy (non-hydrogen) atoms. The highest BCUT2D eigenvalue weighted by Crippen LogP contribution is 2.39. The molecule has 3 saturated heterocycles. The number of halogens is 2. The molecule has 3 fully saturated rings. The third-order valence-electron chi connectivity index (χ3n) is 7.09. The van der Waals surface area contributed by atoms with E-state index in [9.17, 15) is 23.2 Å². The second-order valence-corrected chi connectivity index (χ2v) is 9.17. The highest BCUT2D eigenvalue weighted by Gasteiger charge is 2.55. The Morgan fingerprint density at radius 2 is 1.58 bits per heavy atom. The number of carbonyl (C=O) groups excluding carboxylic acids is 3. The smallest absolute Gasteiger partial charge is 0.256 e. The van der Waals surface area contributed by atoms with E-state index in [0.29, 0.717) is 26.3 Å². The van der Waals surface area contributed by atoms with Gasteiger partial charge in [-0.25, -0.2) is 8.78 Å². The molecule has 1 atom stereocenters. The number of amides is 3. The molecule has 190 valence electrons. The molecule has 5 rings (SSSR count).